The molecule has 7 heteroatoms. The van der Waals surface area contributed by atoms with Crippen LogP contribution in [0.5, 0.6) is 5.75 Å². The van der Waals surface area contributed by atoms with Crippen LogP contribution in [0, 0.1) is 0 Å². The van der Waals surface area contributed by atoms with Gasteiger partial charge in [0.05, 0.1) is 6.61 Å². The van der Waals surface area contributed by atoms with E-state index < -0.39 is 12.3 Å². The molecule has 0 saturated carbocycles. The third kappa shape index (κ3) is 9.43. The second-order valence-electron chi connectivity index (χ2n) is 2.88. The number of benzene rings is 1. The fourth-order valence-corrected chi connectivity index (χ4v) is 0.902. The molecule has 1 aromatic carbocycles. The number of hydrogen-bond donors (Lipinski definition) is 4. The molecule has 1 aromatic rings. The Morgan fingerprint density at radius 3 is 2.18 bits per heavy atom. The molecule has 96 valence electrons. The Bertz CT molecular complexity index is 322. The van der Waals surface area contributed by atoms with Crippen molar-refractivity contribution in [2.45, 2.75) is 6.10 Å². The van der Waals surface area contributed by atoms with Crippen molar-refractivity contribution in [1.29, 1.82) is 0 Å². The van der Waals surface area contributed by atoms with Crippen LogP contribution in [0.25, 0.3) is 0 Å². The summed E-state index contributed by atoms with van der Waals surface area (Å²) in [5, 5.41) is 32.1. The van der Waals surface area contributed by atoms with Gasteiger partial charge in [0, 0.05) is 5.02 Å². The van der Waals surface area contributed by atoms with Crippen LogP contribution in [0.3, 0.4) is 0 Å². The maximum absolute atomic E-state index is 8.97. The Kier molecular flexibility index (Phi) is 7.87. The molecule has 6 nitrogen and oxygen atoms in total. The van der Waals surface area contributed by atoms with Gasteiger partial charge in [-0.2, -0.15) is 0 Å². The first-order chi connectivity index (χ1) is 7.95. The van der Waals surface area contributed by atoms with Crippen LogP contribution < -0.4 is 4.74 Å². The number of carbonyl (C=O) groups is 1. The molecule has 0 fully saturated rings. The van der Waals surface area contributed by atoms with Gasteiger partial charge in [-0.05, 0) is 24.3 Å². The molecule has 0 radical (unpaired) electrons. The molecule has 0 aliphatic heterocycles. The normalized spacial score (nSPS) is 11.0. The third-order valence-corrected chi connectivity index (χ3v) is 1.72. The fraction of sp³-hybridized carbons (Fsp3) is 0.300. The summed E-state index contributed by atoms with van der Waals surface area (Å²) < 4.78 is 5.15. The minimum atomic E-state index is -1.83. The number of halogens is 1. The summed E-state index contributed by atoms with van der Waals surface area (Å²) in [5.74, 6) is 0.622. The van der Waals surface area contributed by atoms with Crippen molar-refractivity contribution in [2.24, 2.45) is 0 Å². The summed E-state index contributed by atoms with van der Waals surface area (Å²) >= 11 is 5.66. The van der Waals surface area contributed by atoms with Gasteiger partial charge < -0.3 is 25.2 Å². The van der Waals surface area contributed by atoms with Crippen LogP contribution in [0.15, 0.2) is 24.3 Å². The van der Waals surface area contributed by atoms with Gasteiger partial charge in [0.25, 0.3) is 0 Å². The Morgan fingerprint density at radius 2 is 1.76 bits per heavy atom. The Hall–Kier alpha value is -1.50. The molecular weight excluding hydrogens is 252 g/mol. The highest BCUT2D eigenvalue weighted by Crippen LogP contribution is 2.15. The molecule has 0 heterocycles. The van der Waals surface area contributed by atoms with Gasteiger partial charge >= 0.3 is 6.16 Å². The number of rotatable bonds is 4. The molecule has 1 atom stereocenters. The SMILES string of the molecule is O=C(O)O.OCC(O)COc1ccc(Cl)cc1. The molecule has 4 N–H and O–H groups in total. The largest absolute Gasteiger partial charge is 0.503 e. The van der Waals surface area contributed by atoms with Gasteiger partial charge in [-0.25, -0.2) is 4.79 Å². The first-order valence-electron chi connectivity index (χ1n) is 4.55. The highest BCUT2D eigenvalue weighted by Gasteiger charge is 2.02. The van der Waals surface area contributed by atoms with Gasteiger partial charge in [0.15, 0.2) is 0 Å². The van der Waals surface area contributed by atoms with E-state index in [2.05, 4.69) is 0 Å². The second kappa shape index (κ2) is 8.63. The van der Waals surface area contributed by atoms with Crippen molar-refractivity contribution in [1.82, 2.24) is 0 Å². The van der Waals surface area contributed by atoms with E-state index >= 15 is 0 Å². The Labute approximate surface area is 103 Å². The van der Waals surface area contributed by atoms with E-state index in [0.29, 0.717) is 10.8 Å². The van der Waals surface area contributed by atoms with Crippen molar-refractivity contribution >= 4 is 17.8 Å². The van der Waals surface area contributed by atoms with Crippen LogP contribution >= 0.6 is 11.6 Å². The fourth-order valence-electron chi connectivity index (χ4n) is 0.776. The molecule has 0 aliphatic carbocycles. The molecule has 0 aromatic heterocycles. The van der Waals surface area contributed by atoms with Crippen molar-refractivity contribution in [2.75, 3.05) is 13.2 Å². The lowest BCUT2D eigenvalue weighted by molar-refractivity contribution is 0.0536. The van der Waals surface area contributed by atoms with Crippen LogP contribution in [0.1, 0.15) is 0 Å². The van der Waals surface area contributed by atoms with Crippen LogP contribution in [0.4, 0.5) is 4.79 Å². The van der Waals surface area contributed by atoms with E-state index in [1.807, 2.05) is 0 Å². The van der Waals surface area contributed by atoms with Crippen LogP contribution in [-0.4, -0.2) is 45.9 Å². The van der Waals surface area contributed by atoms with Crippen molar-refractivity contribution in [3.63, 3.8) is 0 Å². The lowest BCUT2D eigenvalue weighted by atomic mass is 10.3. The minimum Gasteiger partial charge on any atom is -0.491 e. The van der Waals surface area contributed by atoms with Gasteiger partial charge in [-0.15, -0.1) is 0 Å². The predicted octanol–water partition coefficient (Wildman–Crippen LogP) is 1.29. The Morgan fingerprint density at radius 1 is 1.29 bits per heavy atom. The lowest BCUT2D eigenvalue weighted by Gasteiger charge is -2.09. The zero-order valence-corrected chi connectivity index (χ0v) is 9.54. The summed E-state index contributed by atoms with van der Waals surface area (Å²) in [4.78, 5) is 8.56. The van der Waals surface area contributed by atoms with E-state index in [1.165, 1.54) is 0 Å². The highest BCUT2D eigenvalue weighted by molar-refractivity contribution is 6.30. The van der Waals surface area contributed by atoms with Gasteiger partial charge in [0.2, 0.25) is 0 Å². The topological polar surface area (TPSA) is 107 Å². The molecule has 1 unspecified atom stereocenters. The standard InChI is InChI=1S/C9H11ClO3.CH2O3/c10-7-1-3-9(4-2-7)13-6-8(12)5-11;2-1(3)4/h1-4,8,11-12H,5-6H2;(H2,2,3,4). The number of hydrogen-bond acceptors (Lipinski definition) is 4. The number of aliphatic hydroxyl groups is 2. The average molecular weight is 265 g/mol. The summed E-state index contributed by atoms with van der Waals surface area (Å²) in [6.45, 7) is -0.217. The smallest absolute Gasteiger partial charge is 0.491 e. The molecule has 0 saturated heterocycles. The van der Waals surface area contributed by atoms with Crippen LogP contribution in [0.2, 0.25) is 5.02 Å². The zero-order chi connectivity index (χ0) is 13.3. The van der Waals surface area contributed by atoms with E-state index in [9.17, 15) is 0 Å². The highest BCUT2D eigenvalue weighted by atomic mass is 35.5. The second-order valence-corrected chi connectivity index (χ2v) is 3.32. The number of carboxylic acid groups (broad SMARTS) is 2. The summed E-state index contributed by atoms with van der Waals surface area (Å²) in [7, 11) is 0. The maximum atomic E-state index is 8.97. The molecule has 0 spiro atoms. The summed E-state index contributed by atoms with van der Waals surface area (Å²) in [6.07, 6.45) is -2.67. The zero-order valence-electron chi connectivity index (χ0n) is 8.78. The van der Waals surface area contributed by atoms with Gasteiger partial charge in [0.1, 0.15) is 18.5 Å². The van der Waals surface area contributed by atoms with Crippen molar-refractivity contribution in [3.05, 3.63) is 29.3 Å². The molecule has 0 bridgehead atoms. The summed E-state index contributed by atoms with van der Waals surface area (Å²) in [6, 6.07) is 6.79. The molecule has 0 amide bonds. The van der Waals surface area contributed by atoms with Crippen molar-refractivity contribution < 1.29 is 30.0 Å². The number of ether oxygens (including phenoxy) is 1. The van der Waals surface area contributed by atoms with E-state index in [-0.39, 0.29) is 13.2 Å². The lowest BCUT2D eigenvalue weighted by Crippen LogP contribution is -2.21. The molecule has 0 aliphatic rings. The van der Waals surface area contributed by atoms with Gasteiger partial charge in [-0.1, -0.05) is 11.6 Å². The van der Waals surface area contributed by atoms with E-state index in [1.54, 1.807) is 24.3 Å². The first-order valence-corrected chi connectivity index (χ1v) is 4.92. The third-order valence-electron chi connectivity index (χ3n) is 1.47. The van der Waals surface area contributed by atoms with Crippen molar-refractivity contribution in [3.8, 4) is 5.75 Å². The molecule has 17 heavy (non-hydrogen) atoms. The maximum Gasteiger partial charge on any atom is 0.503 e. The van der Waals surface area contributed by atoms with E-state index in [0.717, 1.165) is 0 Å². The molecule has 1 rings (SSSR count). The number of aliphatic hydroxyl groups excluding tert-OH is 2. The predicted molar refractivity (Wildman–Crippen MR) is 60.7 cm³/mol. The monoisotopic (exact) mass is 264 g/mol. The average Bonchev–Trinajstić information content (AvgIpc) is 2.27. The quantitative estimate of drug-likeness (QED) is 0.653. The van der Waals surface area contributed by atoms with E-state index in [4.69, 9.17) is 41.6 Å². The van der Waals surface area contributed by atoms with Crippen LogP contribution in [-0.2, 0) is 0 Å². The Balaban J connectivity index is 0.000000557. The first kappa shape index (κ1) is 15.5. The summed E-state index contributed by atoms with van der Waals surface area (Å²) in [5.41, 5.74) is 0. The minimum absolute atomic E-state index is 0.0815. The van der Waals surface area contributed by atoms with Gasteiger partial charge in [-0.3, -0.25) is 0 Å². The molecular formula is C10H13ClO6.